The molecule has 0 aliphatic heterocycles. The molecule has 3 rings (SSSR count). The summed E-state index contributed by atoms with van der Waals surface area (Å²) in [5.74, 6) is -1.92. The summed E-state index contributed by atoms with van der Waals surface area (Å²) in [4.78, 5) is 36.7. The number of halogens is 3. The fraction of sp³-hybridized carbons (Fsp3) is 0.120. The lowest BCUT2D eigenvalue weighted by Gasteiger charge is -2.11. The highest BCUT2D eigenvalue weighted by atomic mass is 79.9. The predicted molar refractivity (Wildman–Crippen MR) is 145 cm³/mol. The van der Waals surface area contributed by atoms with Crippen LogP contribution in [0.5, 0.6) is 5.75 Å². The fourth-order valence-corrected chi connectivity index (χ4v) is 3.75. The van der Waals surface area contributed by atoms with E-state index in [1.54, 1.807) is 48.5 Å². The van der Waals surface area contributed by atoms with Crippen LogP contribution in [-0.2, 0) is 20.8 Å². The molecule has 0 atom stereocenters. The molecule has 0 aliphatic rings. The molecule has 0 spiro atoms. The predicted octanol–water partition coefficient (Wildman–Crippen LogP) is 5.42. The molecule has 0 radical (unpaired) electrons. The van der Waals surface area contributed by atoms with E-state index < -0.39 is 17.7 Å². The van der Waals surface area contributed by atoms with E-state index in [-0.39, 0.29) is 11.6 Å². The zero-order valence-electron chi connectivity index (χ0n) is 19.0. The third kappa shape index (κ3) is 7.55. The Kier molecular flexibility index (Phi) is 9.86. The van der Waals surface area contributed by atoms with Gasteiger partial charge in [-0.1, -0.05) is 70.3 Å². The third-order valence-corrected chi connectivity index (χ3v) is 6.09. The Morgan fingerprint density at radius 1 is 0.972 bits per heavy atom. The van der Waals surface area contributed by atoms with E-state index in [0.29, 0.717) is 38.6 Å². The van der Waals surface area contributed by atoms with Crippen molar-refractivity contribution in [2.45, 2.75) is 13.3 Å². The van der Waals surface area contributed by atoms with Gasteiger partial charge in [-0.2, -0.15) is 5.10 Å². The number of para-hydroxylation sites is 1. The Morgan fingerprint density at radius 3 is 2.50 bits per heavy atom. The summed E-state index contributed by atoms with van der Waals surface area (Å²) in [5.41, 5.74) is 4.46. The standard InChI is InChI=1S/C25H21BrCl2N4O4/c1-2-15-6-3-4-8-19(15)31-24(34)25(35)32-29-13-16-12-17(26)10-11-21(16)36-14-22(33)30-20-9-5-7-18(27)23(20)28/h3-13H,2,14H2,1H3,(H,30,33)(H,31,34)(H,32,35)/b29-13-. The number of rotatable bonds is 8. The number of nitrogens with one attached hydrogen (secondary N) is 3. The summed E-state index contributed by atoms with van der Waals surface area (Å²) in [5, 5.41) is 9.58. The molecule has 3 amide bonds. The van der Waals surface area contributed by atoms with Crippen LogP contribution in [0.1, 0.15) is 18.1 Å². The largest absolute Gasteiger partial charge is 0.483 e. The van der Waals surface area contributed by atoms with E-state index in [1.807, 2.05) is 19.1 Å². The minimum absolute atomic E-state index is 0.224. The van der Waals surface area contributed by atoms with Crippen LogP contribution in [0.2, 0.25) is 10.0 Å². The van der Waals surface area contributed by atoms with E-state index in [2.05, 4.69) is 37.1 Å². The molecule has 3 aromatic carbocycles. The molecule has 36 heavy (non-hydrogen) atoms. The second kappa shape index (κ2) is 13.1. The average Bonchev–Trinajstić information content (AvgIpc) is 2.86. The van der Waals surface area contributed by atoms with Gasteiger partial charge >= 0.3 is 11.8 Å². The molecule has 0 saturated carbocycles. The topological polar surface area (TPSA) is 109 Å². The molecule has 0 fully saturated rings. The summed E-state index contributed by atoms with van der Waals surface area (Å²) in [7, 11) is 0. The number of carbonyl (C=O) groups is 3. The number of hydrazone groups is 1. The van der Waals surface area contributed by atoms with Crippen LogP contribution < -0.4 is 20.8 Å². The lowest BCUT2D eigenvalue weighted by atomic mass is 10.1. The molecule has 3 N–H and O–H groups in total. The zero-order valence-corrected chi connectivity index (χ0v) is 22.1. The van der Waals surface area contributed by atoms with Crippen molar-refractivity contribution >= 4 is 74.4 Å². The Hall–Kier alpha value is -3.40. The Bertz CT molecular complexity index is 1320. The SMILES string of the molecule is CCc1ccccc1NC(=O)C(=O)N/N=C\c1cc(Br)ccc1OCC(=O)Nc1cccc(Cl)c1Cl. The van der Waals surface area contributed by atoms with Crippen molar-refractivity contribution in [3.05, 3.63) is 86.3 Å². The highest BCUT2D eigenvalue weighted by molar-refractivity contribution is 9.10. The first-order valence-corrected chi connectivity index (χ1v) is 12.2. The number of benzene rings is 3. The van der Waals surface area contributed by atoms with Crippen LogP contribution in [0, 0.1) is 0 Å². The minimum Gasteiger partial charge on any atom is -0.483 e. The lowest BCUT2D eigenvalue weighted by Crippen LogP contribution is -2.32. The van der Waals surface area contributed by atoms with Gasteiger partial charge < -0.3 is 15.4 Å². The van der Waals surface area contributed by atoms with Gasteiger partial charge in [0.15, 0.2) is 6.61 Å². The van der Waals surface area contributed by atoms with Gasteiger partial charge in [0.1, 0.15) is 5.75 Å². The van der Waals surface area contributed by atoms with Crippen LogP contribution >= 0.6 is 39.1 Å². The van der Waals surface area contributed by atoms with Gasteiger partial charge in [-0.05, 0) is 48.4 Å². The van der Waals surface area contributed by atoms with Gasteiger partial charge in [0, 0.05) is 15.7 Å². The molecule has 11 heteroatoms. The van der Waals surface area contributed by atoms with E-state index in [9.17, 15) is 14.4 Å². The molecule has 8 nitrogen and oxygen atoms in total. The van der Waals surface area contributed by atoms with Gasteiger partial charge in [-0.3, -0.25) is 14.4 Å². The molecule has 0 heterocycles. The van der Waals surface area contributed by atoms with Crippen LogP contribution in [-0.4, -0.2) is 30.5 Å². The Balaban J connectivity index is 1.60. The number of ether oxygens (including phenoxy) is 1. The van der Waals surface area contributed by atoms with Crippen molar-refractivity contribution in [2.75, 3.05) is 17.2 Å². The van der Waals surface area contributed by atoms with Gasteiger partial charge in [0.05, 0.1) is 21.9 Å². The maximum Gasteiger partial charge on any atom is 0.329 e. The van der Waals surface area contributed by atoms with Crippen molar-refractivity contribution in [1.82, 2.24) is 5.43 Å². The molecular formula is C25H21BrCl2N4O4. The van der Waals surface area contributed by atoms with E-state index in [0.717, 1.165) is 5.56 Å². The third-order valence-electron chi connectivity index (χ3n) is 4.78. The first-order chi connectivity index (χ1) is 17.3. The molecule has 0 saturated heterocycles. The first kappa shape index (κ1) is 27.2. The van der Waals surface area contributed by atoms with Crippen LogP contribution in [0.15, 0.2) is 70.2 Å². The van der Waals surface area contributed by atoms with Crippen molar-refractivity contribution in [2.24, 2.45) is 5.10 Å². The Labute approximate surface area is 226 Å². The summed E-state index contributed by atoms with van der Waals surface area (Å²) in [6.07, 6.45) is 2.00. The van der Waals surface area contributed by atoms with Gasteiger partial charge in [-0.15, -0.1) is 0 Å². The molecule has 186 valence electrons. The maximum atomic E-state index is 12.3. The van der Waals surface area contributed by atoms with E-state index in [4.69, 9.17) is 27.9 Å². The summed E-state index contributed by atoms with van der Waals surface area (Å²) < 4.78 is 6.33. The van der Waals surface area contributed by atoms with Gasteiger partial charge in [-0.25, -0.2) is 5.43 Å². The molecule has 0 bridgehead atoms. The summed E-state index contributed by atoms with van der Waals surface area (Å²) >= 11 is 15.4. The zero-order chi connectivity index (χ0) is 26.1. The fourth-order valence-electron chi connectivity index (χ4n) is 3.02. The number of amides is 3. The van der Waals surface area contributed by atoms with E-state index >= 15 is 0 Å². The Morgan fingerprint density at radius 2 is 1.72 bits per heavy atom. The van der Waals surface area contributed by atoms with Gasteiger partial charge in [0.25, 0.3) is 5.91 Å². The van der Waals surface area contributed by atoms with Crippen molar-refractivity contribution < 1.29 is 19.1 Å². The van der Waals surface area contributed by atoms with Crippen molar-refractivity contribution in [3.8, 4) is 5.75 Å². The highest BCUT2D eigenvalue weighted by Gasteiger charge is 2.15. The molecule has 0 unspecified atom stereocenters. The van der Waals surface area contributed by atoms with Gasteiger partial charge in [0.2, 0.25) is 0 Å². The van der Waals surface area contributed by atoms with Crippen LogP contribution in [0.3, 0.4) is 0 Å². The second-order valence-electron chi connectivity index (χ2n) is 7.28. The van der Waals surface area contributed by atoms with Crippen LogP contribution in [0.4, 0.5) is 11.4 Å². The molecular weight excluding hydrogens is 571 g/mol. The molecule has 3 aromatic rings. The monoisotopic (exact) mass is 590 g/mol. The lowest BCUT2D eigenvalue weighted by molar-refractivity contribution is -0.136. The van der Waals surface area contributed by atoms with Crippen molar-refractivity contribution in [1.29, 1.82) is 0 Å². The number of carbonyl (C=O) groups excluding carboxylic acids is 3. The number of aryl methyl sites for hydroxylation is 1. The van der Waals surface area contributed by atoms with Crippen LogP contribution in [0.25, 0.3) is 0 Å². The smallest absolute Gasteiger partial charge is 0.329 e. The quantitative estimate of drug-likeness (QED) is 0.184. The molecule has 0 aromatic heterocycles. The summed E-state index contributed by atoms with van der Waals surface area (Å²) in [6, 6.07) is 17.1. The number of hydrogen-bond acceptors (Lipinski definition) is 5. The highest BCUT2D eigenvalue weighted by Crippen LogP contribution is 2.29. The number of hydrogen-bond donors (Lipinski definition) is 3. The second-order valence-corrected chi connectivity index (χ2v) is 8.99. The summed E-state index contributed by atoms with van der Waals surface area (Å²) in [6.45, 7) is 1.62. The minimum atomic E-state index is -0.938. The number of nitrogens with zero attached hydrogens (tertiary/aromatic N) is 1. The normalized spacial score (nSPS) is 10.7. The first-order valence-electron chi connectivity index (χ1n) is 10.7. The number of anilines is 2. The maximum absolute atomic E-state index is 12.3. The molecule has 0 aliphatic carbocycles. The average molecular weight is 592 g/mol. The van der Waals surface area contributed by atoms with E-state index in [1.165, 1.54) is 6.21 Å². The van der Waals surface area contributed by atoms with Crippen molar-refractivity contribution in [3.63, 3.8) is 0 Å².